The second kappa shape index (κ2) is 9.82. The van der Waals surface area contributed by atoms with E-state index in [1.54, 1.807) is 0 Å². The van der Waals surface area contributed by atoms with Crippen LogP contribution in [0.15, 0.2) is 54.6 Å². The van der Waals surface area contributed by atoms with E-state index in [-0.39, 0.29) is 18.0 Å². The van der Waals surface area contributed by atoms with Crippen LogP contribution in [0.5, 0.6) is 0 Å². The molecule has 0 bridgehead atoms. The van der Waals surface area contributed by atoms with Crippen molar-refractivity contribution in [3.05, 3.63) is 65.7 Å². The molecule has 168 valence electrons. The largest absolute Gasteiger partial charge is 0.418 e. The quantitative estimate of drug-likeness (QED) is 0.678. The van der Waals surface area contributed by atoms with E-state index < -0.39 is 33.6 Å². The zero-order valence-corrected chi connectivity index (χ0v) is 17.8. The van der Waals surface area contributed by atoms with Crippen LogP contribution in [0, 0.1) is 5.92 Å². The number of halogens is 3. The Balaban J connectivity index is 1.60. The Labute approximate surface area is 180 Å². The highest BCUT2D eigenvalue weighted by Crippen LogP contribution is 2.35. The molecule has 0 spiro atoms. The highest BCUT2D eigenvalue weighted by atomic mass is 32.2. The van der Waals surface area contributed by atoms with Gasteiger partial charge >= 0.3 is 6.18 Å². The van der Waals surface area contributed by atoms with Gasteiger partial charge in [0.1, 0.15) is 0 Å². The summed E-state index contributed by atoms with van der Waals surface area (Å²) in [5.74, 6) is -1.33. The lowest BCUT2D eigenvalue weighted by Gasteiger charge is -2.31. The summed E-state index contributed by atoms with van der Waals surface area (Å²) in [6.07, 6.45) is -2.59. The lowest BCUT2D eigenvalue weighted by atomic mass is 9.98. The second-order valence-electron chi connectivity index (χ2n) is 7.63. The van der Waals surface area contributed by atoms with Crippen LogP contribution in [-0.2, 0) is 27.4 Å². The van der Waals surface area contributed by atoms with E-state index >= 15 is 0 Å². The summed E-state index contributed by atoms with van der Waals surface area (Å²) in [5, 5.41) is 2.34. The number of amides is 1. The molecule has 1 aliphatic rings. The predicted molar refractivity (Wildman–Crippen MR) is 113 cm³/mol. The highest BCUT2D eigenvalue weighted by molar-refractivity contribution is 7.89. The molecule has 3 rings (SSSR count). The number of alkyl halides is 3. The Morgan fingerprint density at radius 1 is 1.06 bits per heavy atom. The molecular formula is C22H25F3N2O3S. The zero-order chi connectivity index (χ0) is 22.5. The molecule has 1 atom stereocenters. The fourth-order valence-electron chi connectivity index (χ4n) is 3.72. The van der Waals surface area contributed by atoms with Crippen molar-refractivity contribution >= 4 is 21.6 Å². The fraction of sp³-hybridized carbons (Fsp3) is 0.409. The third kappa shape index (κ3) is 6.30. The summed E-state index contributed by atoms with van der Waals surface area (Å²) in [7, 11) is -3.55. The number of benzene rings is 2. The van der Waals surface area contributed by atoms with Gasteiger partial charge in [0.25, 0.3) is 0 Å². The van der Waals surface area contributed by atoms with E-state index in [2.05, 4.69) is 5.32 Å². The van der Waals surface area contributed by atoms with Crippen molar-refractivity contribution < 1.29 is 26.4 Å². The van der Waals surface area contributed by atoms with Crippen LogP contribution < -0.4 is 5.32 Å². The van der Waals surface area contributed by atoms with Crippen LogP contribution >= 0.6 is 0 Å². The number of carbonyl (C=O) groups excluding carboxylic acids is 1. The minimum absolute atomic E-state index is 0.0202. The van der Waals surface area contributed by atoms with E-state index in [4.69, 9.17) is 0 Å². The van der Waals surface area contributed by atoms with Gasteiger partial charge in [-0.1, -0.05) is 42.5 Å². The number of carbonyl (C=O) groups is 1. The molecule has 1 aliphatic heterocycles. The van der Waals surface area contributed by atoms with E-state index in [0.29, 0.717) is 32.2 Å². The molecule has 0 unspecified atom stereocenters. The molecule has 31 heavy (non-hydrogen) atoms. The fourth-order valence-corrected chi connectivity index (χ4v) is 5.30. The minimum atomic E-state index is -4.59. The highest BCUT2D eigenvalue weighted by Gasteiger charge is 2.36. The number of para-hydroxylation sites is 1. The van der Waals surface area contributed by atoms with Crippen molar-refractivity contribution in [1.82, 2.24) is 4.31 Å². The Bertz CT molecular complexity index is 995. The van der Waals surface area contributed by atoms with Gasteiger partial charge in [-0.05, 0) is 43.4 Å². The van der Waals surface area contributed by atoms with Gasteiger partial charge in [0.2, 0.25) is 15.9 Å². The maximum Gasteiger partial charge on any atom is 0.418 e. The topological polar surface area (TPSA) is 66.5 Å². The van der Waals surface area contributed by atoms with Crippen molar-refractivity contribution in [1.29, 1.82) is 0 Å². The minimum Gasteiger partial charge on any atom is -0.325 e. The number of rotatable bonds is 7. The number of nitrogens with one attached hydrogen (secondary N) is 1. The molecule has 2 aromatic rings. The summed E-state index contributed by atoms with van der Waals surface area (Å²) in [5.41, 5.74) is -0.190. The molecule has 1 saturated heterocycles. The van der Waals surface area contributed by atoms with Gasteiger partial charge in [0.15, 0.2) is 0 Å². The van der Waals surface area contributed by atoms with Gasteiger partial charge in [0, 0.05) is 13.1 Å². The Morgan fingerprint density at radius 3 is 2.45 bits per heavy atom. The van der Waals surface area contributed by atoms with E-state index in [1.165, 1.54) is 22.5 Å². The average molecular weight is 455 g/mol. The number of hydrogen-bond donors (Lipinski definition) is 1. The molecule has 1 heterocycles. The summed E-state index contributed by atoms with van der Waals surface area (Å²) < 4.78 is 66.2. The van der Waals surface area contributed by atoms with Crippen LogP contribution in [0.3, 0.4) is 0 Å². The molecule has 1 amide bonds. The standard InChI is InChI=1S/C22H25F3N2O3S/c23-22(24,25)19-12-4-5-13-20(19)26-21(28)18-11-6-14-27(16-18)31(29,30)15-7-10-17-8-2-1-3-9-17/h1-5,8-9,12-13,18H,6-7,10-11,14-16H2,(H,26,28)/t18-/m1/s1. The van der Waals surface area contributed by atoms with Gasteiger partial charge in [-0.25, -0.2) is 12.7 Å². The summed E-state index contributed by atoms with van der Waals surface area (Å²) in [4.78, 5) is 12.6. The van der Waals surface area contributed by atoms with Gasteiger partial charge < -0.3 is 5.32 Å². The lowest BCUT2D eigenvalue weighted by Crippen LogP contribution is -2.44. The molecule has 1 N–H and O–H groups in total. The third-order valence-electron chi connectivity index (χ3n) is 5.35. The van der Waals surface area contributed by atoms with Crippen molar-refractivity contribution in [2.24, 2.45) is 5.92 Å². The number of sulfonamides is 1. The summed E-state index contributed by atoms with van der Waals surface area (Å²) in [6.45, 7) is 0.296. The van der Waals surface area contributed by atoms with E-state index in [0.717, 1.165) is 11.6 Å². The van der Waals surface area contributed by atoms with Gasteiger partial charge in [-0.15, -0.1) is 0 Å². The predicted octanol–water partition coefficient (Wildman–Crippen LogP) is 4.32. The van der Waals surface area contributed by atoms with Gasteiger partial charge in [0.05, 0.1) is 22.9 Å². The van der Waals surface area contributed by atoms with Crippen molar-refractivity contribution in [3.8, 4) is 0 Å². The lowest BCUT2D eigenvalue weighted by molar-refractivity contribution is -0.137. The first kappa shape index (κ1) is 23.3. The first-order valence-electron chi connectivity index (χ1n) is 10.2. The van der Waals surface area contributed by atoms with E-state index in [1.807, 2.05) is 30.3 Å². The molecule has 0 saturated carbocycles. The van der Waals surface area contributed by atoms with Crippen LogP contribution in [0.1, 0.15) is 30.4 Å². The number of anilines is 1. The molecule has 2 aromatic carbocycles. The number of aryl methyl sites for hydroxylation is 1. The SMILES string of the molecule is O=C(Nc1ccccc1C(F)(F)F)[C@@H]1CCCN(S(=O)(=O)CCCc2ccccc2)C1. The van der Waals surface area contributed by atoms with Crippen LogP contribution in [0.2, 0.25) is 0 Å². The Kier molecular flexibility index (Phi) is 7.38. The number of piperidine rings is 1. The number of hydrogen-bond acceptors (Lipinski definition) is 3. The molecule has 5 nitrogen and oxygen atoms in total. The first-order chi connectivity index (χ1) is 14.7. The van der Waals surface area contributed by atoms with Crippen LogP contribution in [0.25, 0.3) is 0 Å². The normalized spacial score (nSPS) is 18.0. The first-order valence-corrected chi connectivity index (χ1v) is 11.8. The zero-order valence-electron chi connectivity index (χ0n) is 16.9. The summed E-state index contributed by atoms with van der Waals surface area (Å²) >= 11 is 0. The number of nitrogens with zero attached hydrogens (tertiary/aromatic N) is 1. The Hall–Kier alpha value is -2.39. The van der Waals surface area contributed by atoms with E-state index in [9.17, 15) is 26.4 Å². The van der Waals surface area contributed by atoms with Gasteiger partial charge in [-0.3, -0.25) is 4.79 Å². The summed E-state index contributed by atoms with van der Waals surface area (Å²) in [6, 6.07) is 14.3. The van der Waals surface area contributed by atoms with Gasteiger partial charge in [-0.2, -0.15) is 13.2 Å². The molecular weight excluding hydrogens is 429 g/mol. The van der Waals surface area contributed by atoms with Crippen molar-refractivity contribution in [2.75, 3.05) is 24.2 Å². The monoisotopic (exact) mass is 454 g/mol. The molecule has 0 aromatic heterocycles. The molecule has 0 radical (unpaired) electrons. The third-order valence-corrected chi connectivity index (χ3v) is 7.27. The second-order valence-corrected chi connectivity index (χ2v) is 9.72. The maximum absolute atomic E-state index is 13.2. The van der Waals surface area contributed by atoms with Crippen molar-refractivity contribution in [3.63, 3.8) is 0 Å². The van der Waals surface area contributed by atoms with Crippen LogP contribution in [0.4, 0.5) is 18.9 Å². The smallest absolute Gasteiger partial charge is 0.325 e. The Morgan fingerprint density at radius 2 is 1.74 bits per heavy atom. The molecule has 9 heteroatoms. The maximum atomic E-state index is 13.2. The molecule has 0 aliphatic carbocycles. The molecule has 1 fully saturated rings. The van der Waals surface area contributed by atoms with Crippen LogP contribution in [-0.4, -0.2) is 37.5 Å². The average Bonchev–Trinajstić information content (AvgIpc) is 2.74. The van der Waals surface area contributed by atoms with Crippen molar-refractivity contribution in [2.45, 2.75) is 31.9 Å².